The summed E-state index contributed by atoms with van der Waals surface area (Å²) >= 11 is 1.75. The zero-order valence-electron chi connectivity index (χ0n) is 13.7. The highest BCUT2D eigenvalue weighted by molar-refractivity contribution is 7.98. The summed E-state index contributed by atoms with van der Waals surface area (Å²) in [6.45, 7) is 0.875. The third-order valence-corrected chi connectivity index (χ3v) is 4.60. The maximum Gasteiger partial charge on any atom is 0.243 e. The Kier molecular flexibility index (Phi) is 5.69. The van der Waals surface area contributed by atoms with E-state index in [0.717, 1.165) is 23.7 Å². The monoisotopic (exact) mass is 346 g/mol. The van der Waals surface area contributed by atoms with E-state index in [1.807, 2.05) is 53.4 Å². The lowest BCUT2D eigenvalue weighted by molar-refractivity contribution is -0.124. The second-order valence-corrected chi connectivity index (χ2v) is 6.66. The highest BCUT2D eigenvalue weighted by Gasteiger charge is 2.24. The molecule has 0 fully saturated rings. The van der Waals surface area contributed by atoms with Gasteiger partial charge in [0, 0.05) is 12.4 Å². The van der Waals surface area contributed by atoms with Gasteiger partial charge in [-0.2, -0.15) is 11.8 Å². The number of thioether (sulfide) groups is 1. The Hall–Kier alpha value is -2.08. The van der Waals surface area contributed by atoms with Crippen molar-refractivity contribution in [1.82, 2.24) is 9.88 Å². The molecule has 0 radical (unpaired) electrons. The number of benzene rings is 1. The highest BCUT2D eigenvalue weighted by atomic mass is 32.2. The molecule has 1 aromatic heterocycles. The Morgan fingerprint density at radius 2 is 2.04 bits per heavy atom. The second kappa shape index (κ2) is 8.15. The van der Waals surface area contributed by atoms with Crippen molar-refractivity contribution in [2.75, 3.05) is 25.2 Å². The van der Waals surface area contributed by atoms with E-state index in [9.17, 15) is 4.79 Å². The lowest BCUT2D eigenvalue weighted by Crippen LogP contribution is -2.43. The number of rotatable bonds is 7. The topological polar surface area (TPSA) is 52.5 Å². The molecule has 3 rings (SSSR count). The van der Waals surface area contributed by atoms with Crippen LogP contribution in [0, 0.1) is 0 Å². The number of hydrogen-bond donors (Lipinski definition) is 1. The van der Waals surface area contributed by atoms with Gasteiger partial charge < -0.3 is 19.4 Å². The molecule has 2 heterocycles. The van der Waals surface area contributed by atoms with Gasteiger partial charge in [-0.05, 0) is 42.7 Å². The number of aromatic nitrogens is 1. The van der Waals surface area contributed by atoms with Crippen LogP contribution < -0.4 is 14.8 Å². The van der Waals surface area contributed by atoms with Gasteiger partial charge in [-0.15, -0.1) is 0 Å². The summed E-state index contributed by atoms with van der Waals surface area (Å²) < 4.78 is 13.5. The molecule has 0 spiro atoms. The summed E-state index contributed by atoms with van der Waals surface area (Å²) in [6.07, 6.45) is 6.54. The van der Waals surface area contributed by atoms with Gasteiger partial charge in [0.15, 0.2) is 11.5 Å². The molecule has 24 heavy (non-hydrogen) atoms. The first-order chi connectivity index (χ1) is 11.8. The summed E-state index contributed by atoms with van der Waals surface area (Å²) in [5.74, 6) is 2.44. The van der Waals surface area contributed by atoms with Gasteiger partial charge in [-0.25, -0.2) is 0 Å². The van der Waals surface area contributed by atoms with Gasteiger partial charge in [0.1, 0.15) is 18.8 Å². The van der Waals surface area contributed by atoms with Crippen LogP contribution in [-0.2, 0) is 4.79 Å². The predicted octanol–water partition coefficient (Wildman–Crippen LogP) is 2.74. The molecular formula is C18H22N2O3S. The third-order valence-electron chi connectivity index (χ3n) is 3.96. The van der Waals surface area contributed by atoms with Crippen molar-refractivity contribution in [3.05, 3.63) is 48.8 Å². The fraction of sp³-hybridized carbons (Fsp3) is 0.389. The minimum atomic E-state index is -0.191. The summed E-state index contributed by atoms with van der Waals surface area (Å²) in [6, 6.07) is 11.3. The molecule has 1 N–H and O–H groups in total. The Balaban J connectivity index is 1.56. The third kappa shape index (κ3) is 4.06. The number of nitrogens with zero attached hydrogens (tertiary/aromatic N) is 1. The normalized spacial score (nSPS) is 17.3. The van der Waals surface area contributed by atoms with Crippen molar-refractivity contribution in [2.24, 2.45) is 0 Å². The molecule has 5 nitrogen and oxygen atoms in total. The van der Waals surface area contributed by atoms with E-state index in [-0.39, 0.29) is 18.1 Å². The number of amides is 1. The quantitative estimate of drug-likeness (QED) is 0.838. The minimum absolute atomic E-state index is 0.0164. The van der Waals surface area contributed by atoms with Crippen molar-refractivity contribution in [3.63, 3.8) is 0 Å². The molecule has 6 heteroatoms. The zero-order chi connectivity index (χ0) is 16.8. The maximum atomic E-state index is 12.6. The lowest BCUT2D eigenvalue weighted by atomic mass is 10.2. The molecule has 1 aromatic carbocycles. The first-order valence-electron chi connectivity index (χ1n) is 8.05. The number of nitrogens with one attached hydrogen (secondary N) is 1. The number of ether oxygens (including phenoxy) is 2. The summed E-state index contributed by atoms with van der Waals surface area (Å²) in [5, 5.41) is 3.01. The van der Waals surface area contributed by atoms with Gasteiger partial charge in [0.2, 0.25) is 5.91 Å². The van der Waals surface area contributed by atoms with E-state index in [1.165, 1.54) is 0 Å². The number of hydrogen-bond acceptors (Lipinski definition) is 4. The average Bonchev–Trinajstić information content (AvgIpc) is 3.14. The summed E-state index contributed by atoms with van der Waals surface area (Å²) in [5.41, 5.74) is 0. The first kappa shape index (κ1) is 16.8. The van der Waals surface area contributed by atoms with Crippen LogP contribution in [0.4, 0.5) is 0 Å². The SMILES string of the molecule is CSCC[C@@H](C(=O)NC[C@@H]1COc2ccccc2O1)n1cccc1. The number of para-hydroxylation sites is 2. The van der Waals surface area contributed by atoms with Crippen molar-refractivity contribution >= 4 is 17.7 Å². The minimum Gasteiger partial charge on any atom is -0.486 e. The van der Waals surface area contributed by atoms with Gasteiger partial charge in [0.05, 0.1) is 6.54 Å². The van der Waals surface area contributed by atoms with Crippen LogP contribution in [0.2, 0.25) is 0 Å². The smallest absolute Gasteiger partial charge is 0.243 e. The van der Waals surface area contributed by atoms with Crippen LogP contribution in [0.15, 0.2) is 48.8 Å². The lowest BCUT2D eigenvalue weighted by Gasteiger charge is -2.27. The first-order valence-corrected chi connectivity index (χ1v) is 9.45. The van der Waals surface area contributed by atoms with E-state index in [4.69, 9.17) is 9.47 Å². The van der Waals surface area contributed by atoms with Crippen LogP contribution in [0.3, 0.4) is 0 Å². The molecule has 2 atom stereocenters. The molecule has 128 valence electrons. The van der Waals surface area contributed by atoms with Crippen molar-refractivity contribution in [1.29, 1.82) is 0 Å². The van der Waals surface area contributed by atoms with Crippen molar-refractivity contribution in [2.45, 2.75) is 18.6 Å². The van der Waals surface area contributed by atoms with Crippen LogP contribution in [0.1, 0.15) is 12.5 Å². The molecular weight excluding hydrogens is 324 g/mol. The molecule has 0 unspecified atom stereocenters. The molecule has 0 bridgehead atoms. The Bertz CT molecular complexity index is 660. The van der Waals surface area contributed by atoms with Crippen LogP contribution in [-0.4, -0.2) is 41.7 Å². The molecule has 1 aliphatic rings. The fourth-order valence-corrected chi connectivity index (χ4v) is 3.16. The standard InChI is InChI=1S/C18H22N2O3S/c1-24-11-8-15(20-9-4-5-10-20)18(21)19-12-14-13-22-16-6-2-3-7-17(16)23-14/h2-7,9-10,14-15H,8,11-13H2,1H3,(H,19,21)/t14-,15+/m1/s1. The van der Waals surface area contributed by atoms with E-state index < -0.39 is 0 Å². The average molecular weight is 346 g/mol. The van der Waals surface area contributed by atoms with Crippen molar-refractivity contribution in [3.8, 4) is 11.5 Å². The molecule has 0 saturated heterocycles. The van der Waals surface area contributed by atoms with Crippen molar-refractivity contribution < 1.29 is 14.3 Å². The van der Waals surface area contributed by atoms with Gasteiger partial charge in [0.25, 0.3) is 0 Å². The van der Waals surface area contributed by atoms with Crippen LogP contribution in [0.5, 0.6) is 11.5 Å². The van der Waals surface area contributed by atoms with E-state index in [2.05, 4.69) is 11.6 Å². The Morgan fingerprint density at radius 1 is 1.29 bits per heavy atom. The second-order valence-electron chi connectivity index (χ2n) is 5.67. The van der Waals surface area contributed by atoms with Gasteiger partial charge >= 0.3 is 0 Å². The fourth-order valence-electron chi connectivity index (χ4n) is 2.70. The maximum absolute atomic E-state index is 12.6. The highest BCUT2D eigenvalue weighted by Crippen LogP contribution is 2.30. The summed E-state index contributed by atoms with van der Waals surface area (Å²) in [7, 11) is 0. The van der Waals surface area contributed by atoms with Gasteiger partial charge in [-0.1, -0.05) is 12.1 Å². The van der Waals surface area contributed by atoms with E-state index in [1.54, 1.807) is 11.8 Å². The van der Waals surface area contributed by atoms with Gasteiger partial charge in [-0.3, -0.25) is 4.79 Å². The molecule has 0 aliphatic carbocycles. The van der Waals surface area contributed by atoms with Crippen LogP contribution in [0.25, 0.3) is 0 Å². The predicted molar refractivity (Wildman–Crippen MR) is 95.8 cm³/mol. The Morgan fingerprint density at radius 3 is 2.79 bits per heavy atom. The van der Waals surface area contributed by atoms with Crippen LogP contribution >= 0.6 is 11.8 Å². The number of carbonyl (C=O) groups is 1. The largest absolute Gasteiger partial charge is 0.486 e. The number of carbonyl (C=O) groups excluding carboxylic acids is 1. The molecule has 2 aromatic rings. The van der Waals surface area contributed by atoms with E-state index >= 15 is 0 Å². The molecule has 0 saturated carbocycles. The number of fused-ring (bicyclic) bond motifs is 1. The molecule has 1 amide bonds. The summed E-state index contributed by atoms with van der Waals surface area (Å²) in [4.78, 5) is 12.6. The molecule has 1 aliphatic heterocycles. The Labute approximate surface area is 146 Å². The van der Waals surface area contributed by atoms with E-state index in [0.29, 0.717) is 13.2 Å². The zero-order valence-corrected chi connectivity index (χ0v) is 14.5.